The van der Waals surface area contributed by atoms with Crippen LogP contribution in [0.15, 0.2) is 48.7 Å². The third-order valence-corrected chi connectivity index (χ3v) is 4.44. The highest BCUT2D eigenvalue weighted by Crippen LogP contribution is 2.38. The molecule has 0 radical (unpaired) electrons. The van der Waals surface area contributed by atoms with Crippen molar-refractivity contribution in [3.63, 3.8) is 0 Å². The van der Waals surface area contributed by atoms with E-state index >= 15 is 0 Å². The monoisotopic (exact) mass is 251 g/mol. The Bertz CT molecular complexity index is 539. The van der Waals surface area contributed by atoms with Gasteiger partial charge in [-0.2, -0.15) is 0 Å². The lowest BCUT2D eigenvalue weighted by molar-refractivity contribution is 0.312. The predicted octanol–water partition coefficient (Wildman–Crippen LogP) is 4.97. The number of pyridine rings is 1. The van der Waals surface area contributed by atoms with Crippen LogP contribution in [-0.2, 0) is 5.41 Å². The Hall–Kier alpha value is -1.63. The van der Waals surface area contributed by atoms with Gasteiger partial charge in [0.2, 0.25) is 0 Å². The number of hydrogen-bond acceptors (Lipinski definition) is 1. The van der Waals surface area contributed by atoms with E-state index in [1.165, 1.54) is 48.9 Å². The Morgan fingerprint density at radius 1 is 0.895 bits per heavy atom. The molecule has 0 spiro atoms. The molecule has 0 N–H and O–H groups in total. The van der Waals surface area contributed by atoms with Crippen molar-refractivity contribution in [2.45, 2.75) is 44.4 Å². The number of nitrogens with zero attached hydrogens (tertiary/aromatic N) is 1. The lowest BCUT2D eigenvalue weighted by atomic mass is 9.73. The molecule has 1 aromatic heterocycles. The molecule has 0 unspecified atom stereocenters. The second kappa shape index (κ2) is 5.16. The molecule has 1 nitrogen and oxygen atoms in total. The van der Waals surface area contributed by atoms with Crippen LogP contribution in [-0.4, -0.2) is 4.98 Å². The zero-order valence-corrected chi connectivity index (χ0v) is 11.6. The molecule has 1 aliphatic carbocycles. The predicted molar refractivity (Wildman–Crippen MR) is 80.1 cm³/mol. The molecule has 1 heteroatoms. The molecule has 0 saturated heterocycles. The standard InChI is InChI=1S/C18H21N/c1-18(11-6-3-7-12-18)17-14-16(10-13-19-17)15-8-4-2-5-9-15/h2,4-5,8-10,13-14H,3,6-7,11-12H2,1H3. The van der Waals surface area contributed by atoms with Gasteiger partial charge in [0, 0.05) is 17.3 Å². The van der Waals surface area contributed by atoms with Gasteiger partial charge in [-0.1, -0.05) is 56.5 Å². The molecule has 0 aliphatic heterocycles. The summed E-state index contributed by atoms with van der Waals surface area (Å²) in [5.41, 5.74) is 4.12. The van der Waals surface area contributed by atoms with E-state index < -0.39 is 0 Å². The van der Waals surface area contributed by atoms with E-state index in [1.54, 1.807) is 0 Å². The normalized spacial score (nSPS) is 18.2. The summed E-state index contributed by atoms with van der Waals surface area (Å²) in [7, 11) is 0. The first-order valence-corrected chi connectivity index (χ1v) is 7.30. The number of rotatable bonds is 2. The van der Waals surface area contributed by atoms with Crippen molar-refractivity contribution in [1.82, 2.24) is 4.98 Å². The second-order valence-corrected chi connectivity index (χ2v) is 5.92. The molecule has 98 valence electrons. The van der Waals surface area contributed by atoms with E-state index in [0.717, 1.165) is 0 Å². The Balaban J connectivity index is 1.96. The Labute approximate surface area is 115 Å². The summed E-state index contributed by atoms with van der Waals surface area (Å²) in [6, 6.07) is 15.0. The molecule has 0 bridgehead atoms. The van der Waals surface area contributed by atoms with Crippen LogP contribution in [0.3, 0.4) is 0 Å². The summed E-state index contributed by atoms with van der Waals surface area (Å²) in [6.45, 7) is 2.38. The second-order valence-electron chi connectivity index (χ2n) is 5.92. The lowest BCUT2D eigenvalue weighted by Crippen LogP contribution is -2.26. The average molecular weight is 251 g/mol. The van der Waals surface area contributed by atoms with Crippen LogP contribution in [0.25, 0.3) is 11.1 Å². The molecule has 0 atom stereocenters. The molecule has 1 saturated carbocycles. The van der Waals surface area contributed by atoms with Gasteiger partial charge in [0.05, 0.1) is 0 Å². The summed E-state index contributed by atoms with van der Waals surface area (Å²) in [5, 5.41) is 0. The third kappa shape index (κ3) is 2.56. The van der Waals surface area contributed by atoms with Crippen LogP contribution in [0.2, 0.25) is 0 Å². The molecule has 19 heavy (non-hydrogen) atoms. The average Bonchev–Trinajstić information content (AvgIpc) is 2.49. The molecule has 2 aromatic rings. The first-order valence-electron chi connectivity index (χ1n) is 7.30. The van der Waals surface area contributed by atoms with Crippen LogP contribution in [0.4, 0.5) is 0 Å². The van der Waals surface area contributed by atoms with Gasteiger partial charge in [-0.15, -0.1) is 0 Å². The van der Waals surface area contributed by atoms with Crippen molar-refractivity contribution in [1.29, 1.82) is 0 Å². The quantitative estimate of drug-likeness (QED) is 0.734. The van der Waals surface area contributed by atoms with E-state index in [1.807, 2.05) is 6.20 Å². The minimum Gasteiger partial charge on any atom is -0.261 e. The van der Waals surface area contributed by atoms with E-state index in [4.69, 9.17) is 0 Å². The van der Waals surface area contributed by atoms with Crippen LogP contribution in [0.1, 0.15) is 44.7 Å². The smallest absolute Gasteiger partial charge is 0.0468 e. The van der Waals surface area contributed by atoms with Crippen LogP contribution < -0.4 is 0 Å². The molecule has 1 heterocycles. The maximum absolute atomic E-state index is 4.66. The molecular formula is C18H21N. The number of hydrogen-bond donors (Lipinski definition) is 0. The van der Waals surface area contributed by atoms with Gasteiger partial charge in [-0.05, 0) is 36.1 Å². The Morgan fingerprint density at radius 3 is 2.37 bits per heavy atom. The van der Waals surface area contributed by atoms with E-state index in [0.29, 0.717) is 0 Å². The van der Waals surface area contributed by atoms with Gasteiger partial charge in [-0.3, -0.25) is 4.98 Å². The summed E-state index contributed by atoms with van der Waals surface area (Å²) >= 11 is 0. The van der Waals surface area contributed by atoms with Crippen LogP contribution in [0, 0.1) is 0 Å². The Morgan fingerprint density at radius 2 is 1.63 bits per heavy atom. The summed E-state index contributed by atoms with van der Waals surface area (Å²) in [6.07, 6.45) is 8.59. The van der Waals surface area contributed by atoms with Crippen molar-refractivity contribution in [2.75, 3.05) is 0 Å². The van der Waals surface area contributed by atoms with Gasteiger partial charge in [-0.25, -0.2) is 0 Å². The highest BCUT2D eigenvalue weighted by atomic mass is 14.7. The largest absolute Gasteiger partial charge is 0.261 e. The fourth-order valence-corrected chi connectivity index (χ4v) is 3.16. The summed E-state index contributed by atoms with van der Waals surface area (Å²) in [5.74, 6) is 0. The minimum absolute atomic E-state index is 0.281. The van der Waals surface area contributed by atoms with Crippen molar-refractivity contribution in [2.24, 2.45) is 0 Å². The van der Waals surface area contributed by atoms with Crippen LogP contribution >= 0.6 is 0 Å². The molecule has 1 aliphatic rings. The maximum Gasteiger partial charge on any atom is 0.0468 e. The zero-order valence-electron chi connectivity index (χ0n) is 11.6. The van der Waals surface area contributed by atoms with E-state index in [2.05, 4.69) is 54.4 Å². The molecule has 1 fully saturated rings. The van der Waals surface area contributed by atoms with E-state index in [-0.39, 0.29) is 5.41 Å². The number of benzene rings is 1. The van der Waals surface area contributed by atoms with Gasteiger partial charge >= 0.3 is 0 Å². The highest BCUT2D eigenvalue weighted by Gasteiger charge is 2.30. The van der Waals surface area contributed by atoms with Crippen molar-refractivity contribution in [3.05, 3.63) is 54.4 Å². The minimum atomic E-state index is 0.281. The fraction of sp³-hybridized carbons (Fsp3) is 0.389. The van der Waals surface area contributed by atoms with Gasteiger partial charge < -0.3 is 0 Å². The molecule has 0 amide bonds. The van der Waals surface area contributed by atoms with Crippen LogP contribution in [0.5, 0.6) is 0 Å². The maximum atomic E-state index is 4.66. The summed E-state index contributed by atoms with van der Waals surface area (Å²) < 4.78 is 0. The molecule has 1 aromatic carbocycles. The fourth-order valence-electron chi connectivity index (χ4n) is 3.16. The first kappa shape index (κ1) is 12.4. The van der Waals surface area contributed by atoms with Crippen molar-refractivity contribution in [3.8, 4) is 11.1 Å². The SMILES string of the molecule is CC1(c2cc(-c3ccccc3)ccn2)CCCCC1. The van der Waals surface area contributed by atoms with E-state index in [9.17, 15) is 0 Å². The van der Waals surface area contributed by atoms with Gasteiger partial charge in [0.25, 0.3) is 0 Å². The molecular weight excluding hydrogens is 230 g/mol. The van der Waals surface area contributed by atoms with Gasteiger partial charge in [0.1, 0.15) is 0 Å². The van der Waals surface area contributed by atoms with Crippen molar-refractivity contribution >= 4 is 0 Å². The third-order valence-electron chi connectivity index (χ3n) is 4.44. The van der Waals surface area contributed by atoms with Crippen molar-refractivity contribution < 1.29 is 0 Å². The highest BCUT2D eigenvalue weighted by molar-refractivity contribution is 5.63. The number of aromatic nitrogens is 1. The topological polar surface area (TPSA) is 12.9 Å². The van der Waals surface area contributed by atoms with Gasteiger partial charge in [0.15, 0.2) is 0 Å². The first-order chi connectivity index (χ1) is 9.28. The lowest BCUT2D eigenvalue weighted by Gasteiger charge is -2.33. The molecule has 3 rings (SSSR count). The Kier molecular flexibility index (Phi) is 3.37. The zero-order chi connectivity index (χ0) is 13.1. The summed E-state index contributed by atoms with van der Waals surface area (Å²) in [4.78, 5) is 4.66.